The molecule has 0 heterocycles. The minimum atomic E-state index is 0.00924. The first-order valence-electron chi connectivity index (χ1n) is 6.44. The summed E-state index contributed by atoms with van der Waals surface area (Å²) >= 11 is 0. The van der Waals surface area contributed by atoms with Crippen molar-refractivity contribution in [3.05, 3.63) is 0 Å². The van der Waals surface area contributed by atoms with Gasteiger partial charge in [0.25, 0.3) is 0 Å². The van der Waals surface area contributed by atoms with E-state index in [2.05, 4.69) is 46.9 Å². The predicted octanol–water partition coefficient (Wildman–Crippen LogP) is 3.46. The van der Waals surface area contributed by atoms with E-state index in [9.17, 15) is 0 Å². The van der Waals surface area contributed by atoms with Crippen LogP contribution in [0.2, 0.25) is 0 Å². The highest BCUT2D eigenvalue weighted by molar-refractivity contribution is 4.77. The van der Waals surface area contributed by atoms with Gasteiger partial charge in [0.05, 0.1) is 5.60 Å². The largest absolute Gasteiger partial charge is 0.379 e. The van der Waals surface area contributed by atoms with Gasteiger partial charge in [-0.2, -0.15) is 0 Å². The van der Waals surface area contributed by atoms with Gasteiger partial charge in [0, 0.05) is 13.7 Å². The average Bonchev–Trinajstić information content (AvgIpc) is 2.14. The summed E-state index contributed by atoms with van der Waals surface area (Å²) < 4.78 is 5.46. The van der Waals surface area contributed by atoms with Crippen LogP contribution in [-0.4, -0.2) is 25.8 Å². The van der Waals surface area contributed by atoms with Crippen molar-refractivity contribution in [1.82, 2.24) is 5.32 Å². The Balaban J connectivity index is 3.86. The van der Waals surface area contributed by atoms with Gasteiger partial charge in [-0.15, -0.1) is 0 Å². The fourth-order valence-corrected chi connectivity index (χ4v) is 1.53. The molecule has 0 amide bonds. The Kier molecular flexibility index (Phi) is 6.57. The molecule has 0 unspecified atom stereocenters. The van der Waals surface area contributed by atoms with Crippen LogP contribution in [0.15, 0.2) is 0 Å². The molecule has 0 atom stereocenters. The van der Waals surface area contributed by atoms with Crippen LogP contribution < -0.4 is 5.32 Å². The standard InChI is InChI=1S/C14H31NO/c1-12(2)10-15-11-13(3,4)8-9-14(5,6)16-7/h12,15H,8-11H2,1-7H3. The molecular formula is C14H31NO. The van der Waals surface area contributed by atoms with Crippen LogP contribution >= 0.6 is 0 Å². The van der Waals surface area contributed by atoms with Gasteiger partial charge in [0.15, 0.2) is 0 Å². The smallest absolute Gasteiger partial charge is 0.0623 e. The molecule has 2 heteroatoms. The Morgan fingerprint density at radius 1 is 1.06 bits per heavy atom. The highest BCUT2D eigenvalue weighted by Crippen LogP contribution is 2.27. The second-order valence-corrected chi connectivity index (χ2v) is 6.65. The Labute approximate surface area is 102 Å². The Hall–Kier alpha value is -0.0800. The van der Waals surface area contributed by atoms with Crippen molar-refractivity contribution in [2.75, 3.05) is 20.2 Å². The number of methoxy groups -OCH3 is 1. The van der Waals surface area contributed by atoms with E-state index in [0.29, 0.717) is 5.41 Å². The van der Waals surface area contributed by atoms with Gasteiger partial charge in [-0.05, 0) is 44.6 Å². The summed E-state index contributed by atoms with van der Waals surface area (Å²) in [7, 11) is 1.80. The van der Waals surface area contributed by atoms with E-state index in [1.807, 2.05) is 0 Å². The number of ether oxygens (including phenoxy) is 1. The fourth-order valence-electron chi connectivity index (χ4n) is 1.53. The first kappa shape index (κ1) is 15.9. The van der Waals surface area contributed by atoms with Crippen molar-refractivity contribution >= 4 is 0 Å². The van der Waals surface area contributed by atoms with Crippen LogP contribution in [-0.2, 0) is 4.74 Å². The summed E-state index contributed by atoms with van der Waals surface area (Å²) in [5.41, 5.74) is 0.361. The molecule has 0 aromatic heterocycles. The zero-order valence-electron chi connectivity index (χ0n) is 12.3. The minimum absolute atomic E-state index is 0.00924. The molecule has 2 nitrogen and oxygen atoms in total. The van der Waals surface area contributed by atoms with Crippen molar-refractivity contribution in [2.24, 2.45) is 11.3 Å². The van der Waals surface area contributed by atoms with E-state index in [4.69, 9.17) is 4.74 Å². The summed E-state index contributed by atoms with van der Waals surface area (Å²) in [5, 5.41) is 3.54. The second kappa shape index (κ2) is 6.61. The van der Waals surface area contributed by atoms with Crippen LogP contribution in [0.1, 0.15) is 54.4 Å². The van der Waals surface area contributed by atoms with Crippen molar-refractivity contribution in [3.63, 3.8) is 0 Å². The van der Waals surface area contributed by atoms with E-state index in [0.717, 1.165) is 25.4 Å². The third-order valence-corrected chi connectivity index (χ3v) is 3.11. The highest BCUT2D eigenvalue weighted by atomic mass is 16.5. The maximum atomic E-state index is 5.46. The summed E-state index contributed by atoms with van der Waals surface area (Å²) in [4.78, 5) is 0. The fraction of sp³-hybridized carbons (Fsp3) is 1.00. The zero-order valence-corrected chi connectivity index (χ0v) is 12.3. The van der Waals surface area contributed by atoms with Gasteiger partial charge in [0.1, 0.15) is 0 Å². The molecule has 0 aliphatic rings. The second-order valence-electron chi connectivity index (χ2n) is 6.65. The predicted molar refractivity (Wildman–Crippen MR) is 71.8 cm³/mol. The summed E-state index contributed by atoms with van der Waals surface area (Å²) in [5.74, 6) is 0.728. The van der Waals surface area contributed by atoms with Gasteiger partial charge in [-0.3, -0.25) is 0 Å². The monoisotopic (exact) mass is 229 g/mol. The maximum absolute atomic E-state index is 5.46. The van der Waals surface area contributed by atoms with E-state index in [-0.39, 0.29) is 5.60 Å². The maximum Gasteiger partial charge on any atom is 0.0623 e. The molecule has 1 N–H and O–H groups in total. The van der Waals surface area contributed by atoms with Crippen LogP contribution in [0.5, 0.6) is 0 Å². The average molecular weight is 229 g/mol. The molecule has 0 radical (unpaired) electrons. The summed E-state index contributed by atoms with van der Waals surface area (Å²) in [6, 6.07) is 0. The van der Waals surface area contributed by atoms with E-state index in [1.54, 1.807) is 7.11 Å². The van der Waals surface area contributed by atoms with Gasteiger partial charge >= 0.3 is 0 Å². The summed E-state index contributed by atoms with van der Waals surface area (Å²) in [6.07, 6.45) is 2.30. The Morgan fingerprint density at radius 2 is 1.62 bits per heavy atom. The number of nitrogens with one attached hydrogen (secondary N) is 1. The van der Waals surface area contributed by atoms with Gasteiger partial charge in [0.2, 0.25) is 0 Å². The van der Waals surface area contributed by atoms with Crippen molar-refractivity contribution in [2.45, 2.75) is 60.0 Å². The van der Waals surface area contributed by atoms with Gasteiger partial charge in [-0.25, -0.2) is 0 Å². The lowest BCUT2D eigenvalue weighted by molar-refractivity contribution is 0.00588. The van der Waals surface area contributed by atoms with Crippen molar-refractivity contribution in [1.29, 1.82) is 0 Å². The molecule has 0 saturated heterocycles. The molecule has 0 aliphatic heterocycles. The first-order chi connectivity index (χ1) is 7.18. The number of hydrogen-bond donors (Lipinski definition) is 1. The van der Waals surface area contributed by atoms with Crippen LogP contribution in [0.25, 0.3) is 0 Å². The van der Waals surface area contributed by atoms with Gasteiger partial charge < -0.3 is 10.1 Å². The molecule has 0 fully saturated rings. The van der Waals surface area contributed by atoms with Crippen molar-refractivity contribution in [3.8, 4) is 0 Å². The first-order valence-corrected chi connectivity index (χ1v) is 6.44. The molecule has 16 heavy (non-hydrogen) atoms. The normalized spacial score (nSPS) is 13.5. The van der Waals surface area contributed by atoms with Crippen molar-refractivity contribution < 1.29 is 4.74 Å². The Bertz CT molecular complexity index is 185. The van der Waals surface area contributed by atoms with E-state index < -0.39 is 0 Å². The van der Waals surface area contributed by atoms with Gasteiger partial charge in [-0.1, -0.05) is 27.7 Å². The third kappa shape index (κ3) is 8.12. The molecule has 0 bridgehead atoms. The van der Waals surface area contributed by atoms with Crippen LogP contribution in [0.3, 0.4) is 0 Å². The molecule has 0 saturated carbocycles. The SMILES string of the molecule is COC(C)(C)CCC(C)(C)CNCC(C)C. The zero-order chi connectivity index (χ0) is 12.8. The lowest BCUT2D eigenvalue weighted by atomic mass is 9.84. The third-order valence-electron chi connectivity index (χ3n) is 3.11. The highest BCUT2D eigenvalue weighted by Gasteiger charge is 2.23. The Morgan fingerprint density at radius 3 is 2.06 bits per heavy atom. The molecule has 0 aromatic carbocycles. The molecule has 0 spiro atoms. The lowest BCUT2D eigenvalue weighted by Crippen LogP contribution is -2.34. The minimum Gasteiger partial charge on any atom is -0.379 e. The summed E-state index contributed by atoms with van der Waals surface area (Å²) in [6.45, 7) is 15.7. The molecule has 0 aromatic rings. The molecule has 0 rings (SSSR count). The molecule has 0 aliphatic carbocycles. The van der Waals surface area contributed by atoms with E-state index >= 15 is 0 Å². The number of hydrogen-bond acceptors (Lipinski definition) is 2. The molecule has 98 valence electrons. The molecular weight excluding hydrogens is 198 g/mol. The van der Waals surface area contributed by atoms with Crippen LogP contribution in [0.4, 0.5) is 0 Å². The lowest BCUT2D eigenvalue weighted by Gasteiger charge is -2.30. The van der Waals surface area contributed by atoms with Crippen LogP contribution in [0, 0.1) is 11.3 Å². The number of rotatable bonds is 8. The topological polar surface area (TPSA) is 21.3 Å². The quantitative estimate of drug-likeness (QED) is 0.688. The van der Waals surface area contributed by atoms with E-state index in [1.165, 1.54) is 6.42 Å².